The highest BCUT2D eigenvalue weighted by Crippen LogP contribution is 2.33. The Balaban J connectivity index is 1.96. The Bertz CT molecular complexity index is 875. The first kappa shape index (κ1) is 19.9. The fourth-order valence-corrected chi connectivity index (χ4v) is 3.13. The van der Waals surface area contributed by atoms with Gasteiger partial charge >= 0.3 is 12.1 Å². The van der Waals surface area contributed by atoms with Gasteiger partial charge < -0.3 is 10.0 Å². The van der Waals surface area contributed by atoms with E-state index < -0.39 is 31.0 Å². The van der Waals surface area contributed by atoms with Gasteiger partial charge in [-0.1, -0.05) is 36.4 Å². The van der Waals surface area contributed by atoms with Crippen molar-refractivity contribution in [1.29, 1.82) is 0 Å². The normalized spacial score (nSPS) is 14.0. The Labute approximate surface area is 160 Å². The summed E-state index contributed by atoms with van der Waals surface area (Å²) in [4.78, 5) is 25.9. The Hall–Kier alpha value is -2.83. The lowest BCUT2D eigenvalue weighted by Crippen LogP contribution is -2.36. The third-order valence-electron chi connectivity index (χ3n) is 4.73. The van der Waals surface area contributed by atoms with Crippen molar-refractivity contribution in [3.63, 3.8) is 0 Å². The molecule has 7 heteroatoms. The predicted octanol–water partition coefficient (Wildman–Crippen LogP) is 4.86. The summed E-state index contributed by atoms with van der Waals surface area (Å²) in [7, 11) is 0. The molecule has 0 aliphatic heterocycles. The third kappa shape index (κ3) is 4.91. The molecule has 2 aromatic rings. The van der Waals surface area contributed by atoms with E-state index in [9.17, 15) is 27.9 Å². The van der Waals surface area contributed by atoms with Gasteiger partial charge in [-0.3, -0.25) is 4.79 Å². The molecule has 1 N–H and O–H groups in total. The number of carboxylic acids is 1. The molecule has 1 aliphatic rings. The first-order valence-electron chi connectivity index (χ1n) is 9.04. The van der Waals surface area contributed by atoms with E-state index >= 15 is 0 Å². The standard InChI is InChI=1S/C21H20F3NO3/c22-21(23,24)11-12-25(13-14-9-10-14)19(26)17-7-3-1-5-15(17)16-6-2-4-8-18(16)20(27)28/h1-8,14H,9-13H2,(H,27,28). The monoisotopic (exact) mass is 391 g/mol. The molecule has 0 spiro atoms. The maximum atomic E-state index is 13.1. The summed E-state index contributed by atoms with van der Waals surface area (Å²) in [6, 6.07) is 12.7. The highest BCUT2D eigenvalue weighted by Gasteiger charge is 2.33. The second-order valence-corrected chi connectivity index (χ2v) is 6.96. The second kappa shape index (κ2) is 8.04. The molecule has 0 saturated heterocycles. The number of hydrogen-bond donors (Lipinski definition) is 1. The topological polar surface area (TPSA) is 57.6 Å². The van der Waals surface area contributed by atoms with Crippen LogP contribution in [-0.4, -0.2) is 41.1 Å². The lowest BCUT2D eigenvalue weighted by molar-refractivity contribution is -0.136. The number of alkyl halides is 3. The number of hydrogen-bond acceptors (Lipinski definition) is 2. The molecule has 0 heterocycles. The Morgan fingerprint density at radius 1 is 0.964 bits per heavy atom. The van der Waals surface area contributed by atoms with Crippen LogP contribution in [0.2, 0.25) is 0 Å². The Morgan fingerprint density at radius 2 is 1.50 bits per heavy atom. The van der Waals surface area contributed by atoms with E-state index in [0.29, 0.717) is 11.1 Å². The minimum Gasteiger partial charge on any atom is -0.478 e. The number of halogens is 3. The fraction of sp³-hybridized carbons (Fsp3) is 0.333. The van der Waals surface area contributed by atoms with E-state index in [1.807, 2.05) is 0 Å². The van der Waals surface area contributed by atoms with Crippen molar-refractivity contribution in [2.45, 2.75) is 25.4 Å². The molecule has 0 radical (unpaired) electrons. The number of carbonyl (C=O) groups is 2. The lowest BCUT2D eigenvalue weighted by atomic mass is 9.94. The molecule has 1 amide bonds. The molecule has 0 aromatic heterocycles. The summed E-state index contributed by atoms with van der Waals surface area (Å²) < 4.78 is 38.2. The van der Waals surface area contributed by atoms with Crippen molar-refractivity contribution in [1.82, 2.24) is 4.90 Å². The zero-order chi connectivity index (χ0) is 20.3. The van der Waals surface area contributed by atoms with Gasteiger partial charge in [0.05, 0.1) is 12.0 Å². The van der Waals surface area contributed by atoms with Crippen molar-refractivity contribution in [3.05, 3.63) is 59.7 Å². The summed E-state index contributed by atoms with van der Waals surface area (Å²) in [5.74, 6) is -1.41. The van der Waals surface area contributed by atoms with Gasteiger partial charge in [0.15, 0.2) is 0 Å². The van der Waals surface area contributed by atoms with Crippen LogP contribution >= 0.6 is 0 Å². The van der Waals surface area contributed by atoms with E-state index in [1.54, 1.807) is 36.4 Å². The summed E-state index contributed by atoms with van der Waals surface area (Å²) in [5.41, 5.74) is 1.00. The van der Waals surface area contributed by atoms with Crippen LogP contribution in [0.3, 0.4) is 0 Å². The van der Waals surface area contributed by atoms with Gasteiger partial charge in [-0.15, -0.1) is 0 Å². The van der Waals surface area contributed by atoms with Crippen molar-refractivity contribution < 1.29 is 27.9 Å². The molecule has 0 bridgehead atoms. The number of benzene rings is 2. The van der Waals surface area contributed by atoms with Gasteiger partial charge in [0.2, 0.25) is 0 Å². The first-order valence-corrected chi connectivity index (χ1v) is 9.04. The molecule has 1 aliphatic carbocycles. The van der Waals surface area contributed by atoms with Gasteiger partial charge in [0.1, 0.15) is 0 Å². The summed E-state index contributed by atoms with van der Waals surface area (Å²) >= 11 is 0. The Morgan fingerprint density at radius 3 is 2.04 bits per heavy atom. The number of aromatic carboxylic acids is 1. The van der Waals surface area contributed by atoms with Crippen LogP contribution < -0.4 is 0 Å². The molecule has 3 rings (SSSR count). The van der Waals surface area contributed by atoms with Gasteiger partial charge in [-0.05, 0) is 42.0 Å². The molecule has 2 aromatic carbocycles. The van der Waals surface area contributed by atoms with Crippen LogP contribution in [0.5, 0.6) is 0 Å². The van der Waals surface area contributed by atoms with Crippen LogP contribution in [0.25, 0.3) is 11.1 Å². The smallest absolute Gasteiger partial charge is 0.390 e. The lowest BCUT2D eigenvalue weighted by Gasteiger charge is -2.25. The minimum absolute atomic E-state index is 0.0341. The average molecular weight is 391 g/mol. The van der Waals surface area contributed by atoms with Gasteiger partial charge in [-0.25, -0.2) is 4.79 Å². The van der Waals surface area contributed by atoms with Crippen LogP contribution in [0.1, 0.15) is 40.0 Å². The number of nitrogens with zero attached hydrogens (tertiary/aromatic N) is 1. The molecule has 1 fully saturated rings. The van der Waals surface area contributed by atoms with Gasteiger partial charge in [0.25, 0.3) is 5.91 Å². The number of rotatable bonds is 7. The maximum absolute atomic E-state index is 13.1. The zero-order valence-corrected chi connectivity index (χ0v) is 15.1. The van der Waals surface area contributed by atoms with E-state index in [2.05, 4.69) is 0 Å². The van der Waals surface area contributed by atoms with Crippen LogP contribution in [0.4, 0.5) is 13.2 Å². The zero-order valence-electron chi connectivity index (χ0n) is 15.1. The largest absolute Gasteiger partial charge is 0.478 e. The number of carbonyl (C=O) groups excluding carboxylic acids is 1. The van der Waals surface area contributed by atoms with Gasteiger partial charge in [-0.2, -0.15) is 13.2 Å². The minimum atomic E-state index is -4.35. The van der Waals surface area contributed by atoms with Crippen molar-refractivity contribution >= 4 is 11.9 Å². The quantitative estimate of drug-likeness (QED) is 0.734. The van der Waals surface area contributed by atoms with E-state index in [0.717, 1.165) is 12.8 Å². The van der Waals surface area contributed by atoms with E-state index in [-0.39, 0.29) is 23.6 Å². The third-order valence-corrected chi connectivity index (χ3v) is 4.73. The predicted molar refractivity (Wildman–Crippen MR) is 98.1 cm³/mol. The van der Waals surface area contributed by atoms with Crippen molar-refractivity contribution in [3.8, 4) is 11.1 Å². The summed E-state index contributed by atoms with van der Waals surface area (Å²) in [6.45, 7) is -0.127. The Kier molecular flexibility index (Phi) is 5.72. The van der Waals surface area contributed by atoms with Crippen molar-refractivity contribution in [2.75, 3.05) is 13.1 Å². The van der Waals surface area contributed by atoms with E-state index in [1.165, 1.54) is 17.0 Å². The molecule has 1 saturated carbocycles. The van der Waals surface area contributed by atoms with Gasteiger partial charge in [0, 0.05) is 18.7 Å². The average Bonchev–Trinajstić information content (AvgIpc) is 3.48. The van der Waals surface area contributed by atoms with E-state index in [4.69, 9.17) is 0 Å². The highest BCUT2D eigenvalue weighted by molar-refractivity contribution is 6.04. The molecular weight excluding hydrogens is 371 g/mol. The molecule has 28 heavy (non-hydrogen) atoms. The maximum Gasteiger partial charge on any atom is 0.390 e. The summed E-state index contributed by atoms with van der Waals surface area (Å²) in [5, 5.41) is 9.45. The van der Waals surface area contributed by atoms with Crippen LogP contribution in [-0.2, 0) is 0 Å². The second-order valence-electron chi connectivity index (χ2n) is 6.96. The molecule has 148 valence electrons. The number of amides is 1. The number of carboxylic acid groups (broad SMARTS) is 1. The van der Waals surface area contributed by atoms with Crippen LogP contribution in [0.15, 0.2) is 48.5 Å². The molecule has 0 unspecified atom stereocenters. The van der Waals surface area contributed by atoms with Crippen LogP contribution in [0, 0.1) is 5.92 Å². The fourth-order valence-electron chi connectivity index (χ4n) is 3.13. The first-order chi connectivity index (χ1) is 13.3. The molecule has 4 nitrogen and oxygen atoms in total. The molecule has 0 atom stereocenters. The van der Waals surface area contributed by atoms with Crippen molar-refractivity contribution in [2.24, 2.45) is 5.92 Å². The molecular formula is C21H20F3NO3. The summed E-state index contributed by atoms with van der Waals surface area (Å²) in [6.07, 6.45) is -3.62. The highest BCUT2D eigenvalue weighted by atomic mass is 19.4. The SMILES string of the molecule is O=C(O)c1ccccc1-c1ccccc1C(=O)N(CCC(F)(F)F)CC1CC1.